The Hall–Kier alpha value is -1.93. The SMILES string of the molecule is COCCn1nc(C(=O)N2CCNC(=O)C2)c2c1CCNC2. The van der Waals surface area contributed by atoms with Gasteiger partial charge in [-0.05, 0) is 0 Å². The summed E-state index contributed by atoms with van der Waals surface area (Å²) in [6, 6.07) is 0. The highest BCUT2D eigenvalue weighted by atomic mass is 16.5. The average molecular weight is 307 g/mol. The molecule has 1 fully saturated rings. The Bertz CT molecular complexity index is 583. The molecule has 0 saturated carbocycles. The third kappa shape index (κ3) is 2.84. The third-order valence-corrected chi connectivity index (χ3v) is 4.04. The number of amides is 2. The molecule has 0 spiro atoms. The van der Waals surface area contributed by atoms with Crippen molar-refractivity contribution in [1.29, 1.82) is 0 Å². The number of piperazine rings is 1. The molecular weight excluding hydrogens is 286 g/mol. The van der Waals surface area contributed by atoms with E-state index in [0.717, 1.165) is 24.2 Å². The summed E-state index contributed by atoms with van der Waals surface area (Å²) in [6.07, 6.45) is 0.847. The number of methoxy groups -OCH3 is 1. The largest absolute Gasteiger partial charge is 0.383 e. The number of rotatable bonds is 4. The molecule has 0 unspecified atom stereocenters. The van der Waals surface area contributed by atoms with Crippen molar-refractivity contribution < 1.29 is 14.3 Å². The number of carbonyl (C=O) groups excluding carboxylic acids is 2. The lowest BCUT2D eigenvalue weighted by Gasteiger charge is -2.26. The number of nitrogens with zero attached hydrogens (tertiary/aromatic N) is 3. The van der Waals surface area contributed by atoms with Crippen molar-refractivity contribution in [3.8, 4) is 0 Å². The van der Waals surface area contributed by atoms with Crippen LogP contribution in [-0.4, -0.2) is 66.4 Å². The number of carbonyl (C=O) groups is 2. The lowest BCUT2D eigenvalue weighted by molar-refractivity contribution is -0.123. The van der Waals surface area contributed by atoms with E-state index in [4.69, 9.17) is 4.74 Å². The van der Waals surface area contributed by atoms with Crippen LogP contribution in [0.4, 0.5) is 0 Å². The fourth-order valence-corrected chi connectivity index (χ4v) is 2.92. The molecule has 1 aromatic rings. The van der Waals surface area contributed by atoms with Crippen LogP contribution in [0.25, 0.3) is 0 Å². The summed E-state index contributed by atoms with van der Waals surface area (Å²) >= 11 is 0. The maximum Gasteiger partial charge on any atom is 0.275 e. The van der Waals surface area contributed by atoms with Crippen molar-refractivity contribution in [3.05, 3.63) is 17.0 Å². The van der Waals surface area contributed by atoms with Crippen molar-refractivity contribution in [2.75, 3.05) is 39.9 Å². The molecule has 22 heavy (non-hydrogen) atoms. The van der Waals surface area contributed by atoms with Gasteiger partial charge >= 0.3 is 0 Å². The molecule has 0 atom stereocenters. The molecule has 0 bridgehead atoms. The lowest BCUT2D eigenvalue weighted by atomic mass is 10.1. The molecule has 1 saturated heterocycles. The maximum absolute atomic E-state index is 12.7. The Morgan fingerprint density at radius 2 is 2.27 bits per heavy atom. The standard InChI is InChI=1S/C14H21N5O3/c1-22-7-6-19-11-2-3-15-8-10(11)13(17-19)14(21)18-5-4-16-12(20)9-18/h15H,2-9H2,1H3,(H,16,20). The minimum absolute atomic E-state index is 0.103. The van der Waals surface area contributed by atoms with Crippen molar-refractivity contribution >= 4 is 11.8 Å². The van der Waals surface area contributed by atoms with Gasteiger partial charge < -0.3 is 20.3 Å². The van der Waals surface area contributed by atoms with Gasteiger partial charge in [-0.1, -0.05) is 0 Å². The van der Waals surface area contributed by atoms with Crippen LogP contribution in [0.2, 0.25) is 0 Å². The quantitative estimate of drug-likeness (QED) is 0.725. The molecule has 3 rings (SSSR count). The normalized spacial score (nSPS) is 18.0. The van der Waals surface area contributed by atoms with Gasteiger partial charge in [0.15, 0.2) is 5.69 Å². The first kappa shape index (κ1) is 15.0. The fourth-order valence-electron chi connectivity index (χ4n) is 2.92. The zero-order chi connectivity index (χ0) is 15.5. The second kappa shape index (κ2) is 6.45. The second-order valence-electron chi connectivity index (χ2n) is 5.49. The zero-order valence-corrected chi connectivity index (χ0v) is 12.7. The highest BCUT2D eigenvalue weighted by Gasteiger charge is 2.29. The van der Waals surface area contributed by atoms with Crippen LogP contribution in [0.1, 0.15) is 21.7 Å². The molecule has 120 valence electrons. The van der Waals surface area contributed by atoms with E-state index in [1.165, 1.54) is 0 Å². The van der Waals surface area contributed by atoms with Gasteiger partial charge in [0.05, 0.1) is 19.7 Å². The molecule has 2 aliphatic heterocycles. The van der Waals surface area contributed by atoms with Crippen LogP contribution in [0.15, 0.2) is 0 Å². The van der Waals surface area contributed by atoms with Crippen molar-refractivity contribution in [3.63, 3.8) is 0 Å². The molecule has 8 heteroatoms. The first-order chi connectivity index (χ1) is 10.7. The topological polar surface area (TPSA) is 88.5 Å². The zero-order valence-electron chi connectivity index (χ0n) is 12.7. The average Bonchev–Trinajstić information content (AvgIpc) is 2.91. The van der Waals surface area contributed by atoms with Crippen LogP contribution in [0.5, 0.6) is 0 Å². The monoisotopic (exact) mass is 307 g/mol. The van der Waals surface area contributed by atoms with E-state index in [9.17, 15) is 9.59 Å². The predicted molar refractivity (Wildman–Crippen MR) is 78.4 cm³/mol. The van der Waals surface area contributed by atoms with Crippen LogP contribution >= 0.6 is 0 Å². The Balaban J connectivity index is 1.87. The van der Waals surface area contributed by atoms with Gasteiger partial charge in [0.1, 0.15) is 0 Å². The fraction of sp³-hybridized carbons (Fsp3) is 0.643. The van der Waals surface area contributed by atoms with Gasteiger partial charge in [0.25, 0.3) is 5.91 Å². The smallest absolute Gasteiger partial charge is 0.275 e. The van der Waals surface area contributed by atoms with Crippen LogP contribution in [0.3, 0.4) is 0 Å². The maximum atomic E-state index is 12.7. The van der Waals surface area contributed by atoms with Crippen LogP contribution < -0.4 is 10.6 Å². The minimum atomic E-state index is -0.161. The molecule has 1 aromatic heterocycles. The van der Waals surface area contributed by atoms with Gasteiger partial charge in [-0.3, -0.25) is 14.3 Å². The molecule has 8 nitrogen and oxygen atoms in total. The van der Waals surface area contributed by atoms with Gasteiger partial charge in [-0.2, -0.15) is 5.10 Å². The number of nitrogens with one attached hydrogen (secondary N) is 2. The van der Waals surface area contributed by atoms with E-state index in [-0.39, 0.29) is 18.4 Å². The van der Waals surface area contributed by atoms with E-state index < -0.39 is 0 Å². The number of aromatic nitrogens is 2. The molecule has 0 aromatic carbocycles. The summed E-state index contributed by atoms with van der Waals surface area (Å²) < 4.78 is 6.98. The molecule has 2 N–H and O–H groups in total. The predicted octanol–water partition coefficient (Wildman–Crippen LogP) is -1.25. The highest BCUT2D eigenvalue weighted by molar-refractivity contribution is 5.97. The van der Waals surface area contributed by atoms with Gasteiger partial charge in [0, 0.05) is 51.0 Å². The third-order valence-electron chi connectivity index (χ3n) is 4.04. The summed E-state index contributed by atoms with van der Waals surface area (Å²) in [7, 11) is 1.65. The molecule has 0 radical (unpaired) electrons. The lowest BCUT2D eigenvalue weighted by Crippen LogP contribution is -2.50. The summed E-state index contributed by atoms with van der Waals surface area (Å²) in [5.74, 6) is -0.281. The summed E-state index contributed by atoms with van der Waals surface area (Å²) in [5, 5.41) is 10.5. The van der Waals surface area contributed by atoms with E-state index in [2.05, 4.69) is 15.7 Å². The van der Waals surface area contributed by atoms with Crippen molar-refractivity contribution in [2.45, 2.75) is 19.5 Å². The Morgan fingerprint density at radius 1 is 1.41 bits per heavy atom. The summed E-state index contributed by atoms with van der Waals surface area (Å²) in [5.41, 5.74) is 2.52. The molecule has 3 heterocycles. The molecule has 2 amide bonds. The summed E-state index contributed by atoms with van der Waals surface area (Å²) in [4.78, 5) is 25.8. The number of fused-ring (bicyclic) bond motifs is 1. The van der Waals surface area contributed by atoms with E-state index >= 15 is 0 Å². The number of hydrogen-bond donors (Lipinski definition) is 2. The first-order valence-electron chi connectivity index (χ1n) is 7.55. The van der Waals surface area contributed by atoms with Gasteiger partial charge in [0.2, 0.25) is 5.91 Å². The van der Waals surface area contributed by atoms with Gasteiger partial charge in [-0.25, -0.2) is 0 Å². The minimum Gasteiger partial charge on any atom is -0.383 e. The van der Waals surface area contributed by atoms with E-state index in [1.54, 1.807) is 12.0 Å². The van der Waals surface area contributed by atoms with E-state index in [1.807, 2.05) is 4.68 Å². The summed E-state index contributed by atoms with van der Waals surface area (Å²) in [6.45, 7) is 3.84. The Kier molecular flexibility index (Phi) is 4.39. The van der Waals surface area contributed by atoms with Gasteiger partial charge in [-0.15, -0.1) is 0 Å². The van der Waals surface area contributed by atoms with Crippen molar-refractivity contribution in [2.24, 2.45) is 0 Å². The van der Waals surface area contributed by atoms with E-state index in [0.29, 0.717) is 38.5 Å². The molecule has 2 aliphatic rings. The molecule has 0 aliphatic carbocycles. The molecular formula is C14H21N5O3. The van der Waals surface area contributed by atoms with Crippen molar-refractivity contribution in [1.82, 2.24) is 25.3 Å². The second-order valence-corrected chi connectivity index (χ2v) is 5.49. The van der Waals surface area contributed by atoms with Crippen LogP contribution in [0, 0.1) is 0 Å². The highest BCUT2D eigenvalue weighted by Crippen LogP contribution is 2.20. The Morgan fingerprint density at radius 3 is 3.05 bits per heavy atom. The first-order valence-corrected chi connectivity index (χ1v) is 7.55. The Labute approximate surface area is 128 Å². The number of ether oxygens (including phenoxy) is 1. The van der Waals surface area contributed by atoms with Crippen LogP contribution in [-0.2, 0) is 29.0 Å². The number of hydrogen-bond acceptors (Lipinski definition) is 5.